The predicted octanol–water partition coefficient (Wildman–Crippen LogP) is 7.84. The van der Waals surface area contributed by atoms with E-state index in [1.165, 1.54) is 48.9 Å². The quantitative estimate of drug-likeness (QED) is 0.172. The first kappa shape index (κ1) is 29.6. The topological polar surface area (TPSA) is 39.5 Å². The molecule has 1 aromatic heterocycles. The number of halogens is 3. The molecule has 1 saturated heterocycles. The standard InChI is InChI=1S/C34H36F3N3O2S/c1-22-18-23(8-13-32(22)41-2)27-6-5-7-31-33(27)40(25-11-9-24(35)10-12-25)34(38-31)43-21-28-29(36)19-26(20-30(28)37)42-17-16-39-14-3-4-15-39/h8-13,18-20,27H,3-7,14-17,21H2,1-2H3. The molecule has 1 atom stereocenters. The van der Waals surface area contributed by atoms with E-state index in [9.17, 15) is 4.39 Å². The monoisotopic (exact) mass is 607 g/mol. The van der Waals surface area contributed by atoms with E-state index in [4.69, 9.17) is 14.5 Å². The number of aromatic nitrogens is 2. The Morgan fingerprint density at radius 1 is 0.953 bits per heavy atom. The Hall–Kier alpha value is -3.43. The molecular weight excluding hydrogens is 571 g/mol. The number of methoxy groups -OCH3 is 1. The average molecular weight is 608 g/mol. The lowest BCUT2D eigenvalue weighted by Crippen LogP contribution is -2.25. The third-order valence-electron chi connectivity index (χ3n) is 8.44. The van der Waals surface area contributed by atoms with Gasteiger partial charge in [-0.2, -0.15) is 0 Å². The van der Waals surface area contributed by atoms with Crippen molar-refractivity contribution in [3.63, 3.8) is 0 Å². The molecule has 0 amide bonds. The van der Waals surface area contributed by atoms with E-state index in [1.807, 2.05) is 17.6 Å². The van der Waals surface area contributed by atoms with Crippen molar-refractivity contribution in [1.82, 2.24) is 14.5 Å². The van der Waals surface area contributed by atoms with Gasteiger partial charge in [0.05, 0.1) is 18.5 Å². The van der Waals surface area contributed by atoms with Crippen LogP contribution in [0.2, 0.25) is 0 Å². The summed E-state index contributed by atoms with van der Waals surface area (Å²) in [6.45, 7) is 5.24. The maximum atomic E-state index is 15.2. The Balaban J connectivity index is 1.28. The zero-order valence-corrected chi connectivity index (χ0v) is 25.4. The van der Waals surface area contributed by atoms with E-state index in [2.05, 4.69) is 17.0 Å². The second-order valence-corrected chi connectivity index (χ2v) is 12.2. The number of nitrogens with zero attached hydrogens (tertiary/aromatic N) is 3. The Morgan fingerprint density at radius 2 is 1.70 bits per heavy atom. The van der Waals surface area contributed by atoms with Crippen LogP contribution in [-0.2, 0) is 12.2 Å². The van der Waals surface area contributed by atoms with Gasteiger partial charge in [0.25, 0.3) is 0 Å². The minimum absolute atomic E-state index is 0.0224. The summed E-state index contributed by atoms with van der Waals surface area (Å²) >= 11 is 1.28. The van der Waals surface area contributed by atoms with Crippen LogP contribution in [0.15, 0.2) is 59.8 Å². The van der Waals surface area contributed by atoms with E-state index < -0.39 is 11.6 Å². The van der Waals surface area contributed by atoms with Crippen molar-refractivity contribution in [3.05, 3.63) is 100 Å². The van der Waals surface area contributed by atoms with Gasteiger partial charge in [-0.05, 0) is 93.6 Å². The van der Waals surface area contributed by atoms with Crippen LogP contribution >= 0.6 is 11.8 Å². The van der Waals surface area contributed by atoms with Gasteiger partial charge in [-0.3, -0.25) is 9.47 Å². The van der Waals surface area contributed by atoms with Crippen LogP contribution in [0.4, 0.5) is 13.2 Å². The number of hydrogen-bond donors (Lipinski definition) is 0. The summed E-state index contributed by atoms with van der Waals surface area (Å²) < 4.78 is 57.5. The lowest BCUT2D eigenvalue weighted by atomic mass is 9.83. The van der Waals surface area contributed by atoms with E-state index in [0.717, 1.165) is 72.8 Å². The Labute approximate surface area is 255 Å². The summed E-state index contributed by atoms with van der Waals surface area (Å²) in [6.07, 6.45) is 5.06. The van der Waals surface area contributed by atoms with Crippen LogP contribution in [0, 0.1) is 24.4 Å². The fraction of sp³-hybridized carbons (Fsp3) is 0.382. The highest BCUT2D eigenvalue weighted by atomic mass is 32.2. The van der Waals surface area contributed by atoms with Gasteiger partial charge in [0.15, 0.2) is 5.16 Å². The van der Waals surface area contributed by atoms with Gasteiger partial charge < -0.3 is 9.47 Å². The molecule has 1 fully saturated rings. The first-order valence-electron chi connectivity index (χ1n) is 14.9. The minimum atomic E-state index is -0.639. The van der Waals surface area contributed by atoms with E-state index in [0.29, 0.717) is 11.8 Å². The van der Waals surface area contributed by atoms with Crippen molar-refractivity contribution in [1.29, 1.82) is 0 Å². The first-order chi connectivity index (χ1) is 20.9. The summed E-state index contributed by atoms with van der Waals surface area (Å²) in [7, 11) is 1.66. The number of hydrogen-bond acceptors (Lipinski definition) is 5. The number of aryl methyl sites for hydroxylation is 2. The van der Waals surface area contributed by atoms with Gasteiger partial charge in [0, 0.05) is 41.6 Å². The zero-order valence-electron chi connectivity index (χ0n) is 24.5. The van der Waals surface area contributed by atoms with Crippen molar-refractivity contribution in [2.45, 2.75) is 55.9 Å². The molecule has 5 nitrogen and oxygen atoms in total. The number of likely N-dealkylation sites (tertiary alicyclic amines) is 1. The van der Waals surface area contributed by atoms with Crippen molar-refractivity contribution >= 4 is 11.8 Å². The molecule has 2 aliphatic rings. The van der Waals surface area contributed by atoms with Crippen LogP contribution in [0.1, 0.15) is 59.7 Å². The van der Waals surface area contributed by atoms with Gasteiger partial charge >= 0.3 is 0 Å². The lowest BCUT2D eigenvalue weighted by molar-refractivity contribution is 0.236. The Kier molecular flexibility index (Phi) is 9.00. The maximum absolute atomic E-state index is 15.2. The summed E-state index contributed by atoms with van der Waals surface area (Å²) in [6, 6.07) is 15.0. The largest absolute Gasteiger partial charge is 0.496 e. The number of benzene rings is 3. The van der Waals surface area contributed by atoms with Gasteiger partial charge in [0.2, 0.25) is 0 Å². The molecule has 4 aromatic rings. The van der Waals surface area contributed by atoms with E-state index >= 15 is 8.78 Å². The highest BCUT2D eigenvalue weighted by Gasteiger charge is 2.30. The molecule has 1 aliphatic heterocycles. The summed E-state index contributed by atoms with van der Waals surface area (Å²) in [5.41, 5.74) is 4.93. The third-order valence-corrected chi connectivity index (χ3v) is 9.40. The molecule has 0 spiro atoms. The number of rotatable bonds is 10. The van der Waals surface area contributed by atoms with Crippen LogP contribution in [0.5, 0.6) is 11.5 Å². The molecule has 43 heavy (non-hydrogen) atoms. The van der Waals surface area contributed by atoms with Gasteiger partial charge in [-0.25, -0.2) is 18.2 Å². The minimum Gasteiger partial charge on any atom is -0.496 e. The summed E-state index contributed by atoms with van der Waals surface area (Å²) in [5.74, 6) is -0.472. The molecule has 1 aliphatic carbocycles. The number of imidazole rings is 1. The van der Waals surface area contributed by atoms with Gasteiger partial charge in [-0.1, -0.05) is 23.9 Å². The van der Waals surface area contributed by atoms with E-state index in [-0.39, 0.29) is 28.8 Å². The molecular formula is C34H36F3N3O2S. The molecule has 1 unspecified atom stereocenters. The molecule has 226 valence electrons. The van der Waals surface area contributed by atoms with Crippen molar-refractivity contribution in [3.8, 4) is 17.2 Å². The number of ether oxygens (including phenoxy) is 2. The molecule has 3 aromatic carbocycles. The van der Waals surface area contributed by atoms with E-state index in [1.54, 1.807) is 19.2 Å². The molecule has 0 N–H and O–H groups in total. The fourth-order valence-electron chi connectivity index (χ4n) is 6.22. The summed E-state index contributed by atoms with van der Waals surface area (Å²) in [4.78, 5) is 7.28. The second-order valence-electron chi connectivity index (χ2n) is 11.3. The SMILES string of the molecule is COc1ccc(C2CCCc3nc(SCc4c(F)cc(OCCN5CCCC5)cc4F)n(-c4ccc(F)cc4)c32)cc1C. The van der Waals surface area contributed by atoms with Crippen molar-refractivity contribution in [2.24, 2.45) is 0 Å². The first-order valence-corrected chi connectivity index (χ1v) is 15.9. The number of thioether (sulfide) groups is 1. The van der Waals surface area contributed by atoms with Crippen LogP contribution < -0.4 is 9.47 Å². The van der Waals surface area contributed by atoms with Crippen LogP contribution in [-0.4, -0.2) is 47.8 Å². The molecule has 2 heterocycles. The highest BCUT2D eigenvalue weighted by molar-refractivity contribution is 7.98. The van der Waals surface area contributed by atoms with Crippen molar-refractivity contribution in [2.75, 3.05) is 33.4 Å². The normalized spacial score (nSPS) is 16.8. The molecule has 9 heteroatoms. The molecule has 0 radical (unpaired) electrons. The summed E-state index contributed by atoms with van der Waals surface area (Å²) in [5, 5.41) is 0.624. The third kappa shape index (κ3) is 6.43. The smallest absolute Gasteiger partial charge is 0.173 e. The van der Waals surface area contributed by atoms with Gasteiger partial charge in [0.1, 0.15) is 35.6 Å². The zero-order chi connectivity index (χ0) is 29.9. The van der Waals surface area contributed by atoms with Gasteiger partial charge in [-0.15, -0.1) is 0 Å². The molecule has 0 bridgehead atoms. The fourth-order valence-corrected chi connectivity index (χ4v) is 7.28. The second kappa shape index (κ2) is 13.1. The highest BCUT2D eigenvalue weighted by Crippen LogP contribution is 2.42. The number of fused-ring (bicyclic) bond motifs is 1. The predicted molar refractivity (Wildman–Crippen MR) is 163 cm³/mol. The Morgan fingerprint density at radius 3 is 2.40 bits per heavy atom. The van der Waals surface area contributed by atoms with Crippen LogP contribution in [0.25, 0.3) is 5.69 Å². The molecule has 6 rings (SSSR count). The lowest BCUT2D eigenvalue weighted by Gasteiger charge is -2.26. The Bertz CT molecular complexity index is 1560. The maximum Gasteiger partial charge on any atom is 0.173 e. The molecule has 0 saturated carbocycles. The van der Waals surface area contributed by atoms with Crippen LogP contribution in [0.3, 0.4) is 0 Å². The average Bonchev–Trinajstić information content (AvgIpc) is 3.65. The van der Waals surface area contributed by atoms with Crippen molar-refractivity contribution < 1.29 is 22.6 Å².